The third kappa shape index (κ3) is 5.25. The van der Waals surface area contributed by atoms with Gasteiger partial charge in [0.15, 0.2) is 0 Å². The van der Waals surface area contributed by atoms with Crippen molar-refractivity contribution < 1.29 is 4.79 Å². The molecule has 2 rings (SSSR count). The first-order valence-corrected chi connectivity index (χ1v) is 7.25. The number of hydrogen-bond donors (Lipinski definition) is 2. The summed E-state index contributed by atoms with van der Waals surface area (Å²) in [4.78, 5) is 15.7. The molecule has 1 heterocycles. The lowest BCUT2D eigenvalue weighted by Crippen LogP contribution is -2.24. The number of aromatic nitrogens is 1. The van der Waals surface area contributed by atoms with E-state index in [9.17, 15) is 4.79 Å². The molecule has 2 N–H and O–H groups in total. The van der Waals surface area contributed by atoms with Gasteiger partial charge in [0.2, 0.25) is 5.91 Å². The Kier molecular flexibility index (Phi) is 5.84. The number of halogens is 2. The number of anilines is 1. The predicted molar refractivity (Wildman–Crippen MR) is 85.7 cm³/mol. The number of carbonyl (C=O) groups excluding carboxylic acids is 1. The van der Waals surface area contributed by atoms with Crippen LogP contribution in [-0.2, 0) is 11.3 Å². The smallest absolute Gasteiger partial charge is 0.222 e. The monoisotopic (exact) mass is 323 g/mol. The number of pyridine rings is 1. The minimum Gasteiger partial charge on any atom is -0.384 e. The van der Waals surface area contributed by atoms with Crippen molar-refractivity contribution in [2.75, 3.05) is 11.9 Å². The van der Waals surface area contributed by atoms with Crippen molar-refractivity contribution in [3.05, 3.63) is 58.3 Å². The summed E-state index contributed by atoms with van der Waals surface area (Å²) < 4.78 is 0. The minimum absolute atomic E-state index is 0.0218. The Morgan fingerprint density at radius 2 is 2.05 bits per heavy atom. The van der Waals surface area contributed by atoms with Crippen molar-refractivity contribution in [3.8, 4) is 0 Å². The summed E-state index contributed by atoms with van der Waals surface area (Å²) in [5.74, 6) is -0.0218. The van der Waals surface area contributed by atoms with Crippen LogP contribution in [-0.4, -0.2) is 17.4 Å². The Hall–Kier alpha value is -1.78. The highest BCUT2D eigenvalue weighted by molar-refractivity contribution is 6.42. The Balaban J connectivity index is 1.70. The Bertz CT molecular complexity index is 605. The molecule has 0 aliphatic carbocycles. The van der Waals surface area contributed by atoms with Gasteiger partial charge < -0.3 is 10.6 Å². The highest BCUT2D eigenvalue weighted by Crippen LogP contribution is 2.24. The van der Waals surface area contributed by atoms with Crippen LogP contribution in [0.25, 0.3) is 0 Å². The van der Waals surface area contributed by atoms with Crippen LogP contribution in [0.4, 0.5) is 5.69 Å². The average molecular weight is 324 g/mol. The summed E-state index contributed by atoms with van der Waals surface area (Å²) in [6.07, 6.45) is 3.81. The highest BCUT2D eigenvalue weighted by Gasteiger charge is 2.03. The van der Waals surface area contributed by atoms with E-state index < -0.39 is 0 Å². The van der Waals surface area contributed by atoms with Crippen molar-refractivity contribution in [2.24, 2.45) is 0 Å². The predicted octanol–water partition coefficient (Wildman–Crippen LogP) is 3.51. The number of benzene rings is 1. The molecule has 2 aromatic rings. The third-order valence-electron chi connectivity index (χ3n) is 2.81. The molecule has 1 amide bonds. The third-order valence-corrected chi connectivity index (χ3v) is 3.55. The first-order chi connectivity index (χ1) is 10.1. The molecule has 1 aromatic heterocycles. The van der Waals surface area contributed by atoms with Crippen LogP contribution in [0.3, 0.4) is 0 Å². The minimum atomic E-state index is -0.0218. The first-order valence-electron chi connectivity index (χ1n) is 6.49. The molecule has 6 heteroatoms. The van der Waals surface area contributed by atoms with E-state index in [-0.39, 0.29) is 5.91 Å². The Labute approximate surface area is 133 Å². The van der Waals surface area contributed by atoms with Crippen molar-refractivity contribution >= 4 is 34.8 Å². The number of nitrogens with zero attached hydrogens (tertiary/aromatic N) is 1. The molecule has 4 nitrogen and oxygen atoms in total. The fraction of sp³-hybridized carbons (Fsp3) is 0.200. The molecule has 21 heavy (non-hydrogen) atoms. The number of nitrogens with one attached hydrogen (secondary N) is 2. The summed E-state index contributed by atoms with van der Waals surface area (Å²) in [6, 6.07) is 9.03. The van der Waals surface area contributed by atoms with E-state index in [1.165, 1.54) is 0 Å². The van der Waals surface area contributed by atoms with Gasteiger partial charge in [0.25, 0.3) is 0 Å². The van der Waals surface area contributed by atoms with E-state index in [0.717, 1.165) is 11.3 Å². The molecular weight excluding hydrogens is 309 g/mol. The van der Waals surface area contributed by atoms with Crippen LogP contribution >= 0.6 is 23.2 Å². The summed E-state index contributed by atoms with van der Waals surface area (Å²) in [5, 5.41) is 6.96. The molecule has 0 radical (unpaired) electrons. The summed E-state index contributed by atoms with van der Waals surface area (Å²) in [5.41, 5.74) is 1.81. The molecule has 110 valence electrons. The standard InChI is InChI=1S/C15H15Cl2N3O/c16-13-4-3-12(8-14(13)17)19-7-5-15(21)20-10-11-2-1-6-18-9-11/h1-4,6,8-9,19H,5,7,10H2,(H,20,21). The number of carbonyl (C=O) groups is 1. The van der Waals surface area contributed by atoms with Crippen LogP contribution in [0.15, 0.2) is 42.7 Å². The first kappa shape index (κ1) is 15.6. The zero-order chi connectivity index (χ0) is 15.1. The molecule has 0 saturated heterocycles. The number of amides is 1. The van der Waals surface area contributed by atoms with Crippen LogP contribution in [0.5, 0.6) is 0 Å². The zero-order valence-electron chi connectivity index (χ0n) is 11.3. The second-order valence-corrected chi connectivity index (χ2v) is 5.26. The second kappa shape index (κ2) is 7.86. The van der Waals surface area contributed by atoms with Crippen LogP contribution in [0, 0.1) is 0 Å². The molecule has 1 aromatic carbocycles. The normalized spacial score (nSPS) is 10.2. The highest BCUT2D eigenvalue weighted by atomic mass is 35.5. The van der Waals surface area contributed by atoms with E-state index in [1.54, 1.807) is 24.5 Å². The second-order valence-electron chi connectivity index (χ2n) is 4.44. The Morgan fingerprint density at radius 1 is 1.19 bits per heavy atom. The van der Waals surface area contributed by atoms with E-state index in [2.05, 4.69) is 15.6 Å². The van der Waals surface area contributed by atoms with E-state index >= 15 is 0 Å². The molecular formula is C15H15Cl2N3O. The molecule has 0 aliphatic heterocycles. The van der Waals surface area contributed by atoms with E-state index in [0.29, 0.717) is 29.6 Å². The topological polar surface area (TPSA) is 54.0 Å². The van der Waals surface area contributed by atoms with Gasteiger partial charge in [0.05, 0.1) is 10.0 Å². The zero-order valence-corrected chi connectivity index (χ0v) is 12.8. The molecule has 0 atom stereocenters. The van der Waals surface area contributed by atoms with Gasteiger partial charge in [-0.3, -0.25) is 9.78 Å². The van der Waals surface area contributed by atoms with Crippen molar-refractivity contribution in [2.45, 2.75) is 13.0 Å². The molecule has 0 spiro atoms. The summed E-state index contributed by atoms with van der Waals surface area (Å²) in [6.45, 7) is 1.01. The molecule has 0 unspecified atom stereocenters. The summed E-state index contributed by atoms with van der Waals surface area (Å²) >= 11 is 11.8. The van der Waals surface area contributed by atoms with Gasteiger partial charge in [-0.05, 0) is 29.8 Å². The number of rotatable bonds is 6. The maximum atomic E-state index is 11.7. The van der Waals surface area contributed by atoms with Crippen LogP contribution in [0.1, 0.15) is 12.0 Å². The van der Waals surface area contributed by atoms with Gasteiger partial charge in [-0.2, -0.15) is 0 Å². The lowest BCUT2D eigenvalue weighted by Gasteiger charge is -2.08. The van der Waals surface area contributed by atoms with Crippen molar-refractivity contribution in [3.63, 3.8) is 0 Å². The molecule has 0 bridgehead atoms. The largest absolute Gasteiger partial charge is 0.384 e. The van der Waals surface area contributed by atoms with Gasteiger partial charge in [-0.25, -0.2) is 0 Å². The Morgan fingerprint density at radius 3 is 2.76 bits per heavy atom. The van der Waals surface area contributed by atoms with Crippen LogP contribution in [0.2, 0.25) is 10.0 Å². The summed E-state index contributed by atoms with van der Waals surface area (Å²) in [7, 11) is 0. The van der Waals surface area contributed by atoms with Gasteiger partial charge in [-0.15, -0.1) is 0 Å². The van der Waals surface area contributed by atoms with Gasteiger partial charge in [0, 0.05) is 37.6 Å². The SMILES string of the molecule is O=C(CCNc1ccc(Cl)c(Cl)c1)NCc1cccnc1. The molecule has 0 fully saturated rings. The maximum absolute atomic E-state index is 11.7. The van der Waals surface area contributed by atoms with Crippen molar-refractivity contribution in [1.82, 2.24) is 10.3 Å². The molecule has 0 saturated carbocycles. The fourth-order valence-corrected chi connectivity index (χ4v) is 2.02. The quantitative estimate of drug-likeness (QED) is 0.855. The van der Waals surface area contributed by atoms with Gasteiger partial charge in [0.1, 0.15) is 0 Å². The van der Waals surface area contributed by atoms with Crippen LogP contribution < -0.4 is 10.6 Å². The molecule has 0 aliphatic rings. The average Bonchev–Trinajstić information content (AvgIpc) is 2.50. The van der Waals surface area contributed by atoms with Gasteiger partial charge in [-0.1, -0.05) is 29.3 Å². The van der Waals surface area contributed by atoms with Crippen molar-refractivity contribution in [1.29, 1.82) is 0 Å². The maximum Gasteiger partial charge on any atom is 0.222 e. The fourth-order valence-electron chi connectivity index (χ4n) is 1.72. The van der Waals surface area contributed by atoms with Gasteiger partial charge >= 0.3 is 0 Å². The van der Waals surface area contributed by atoms with E-state index in [1.807, 2.05) is 18.2 Å². The number of hydrogen-bond acceptors (Lipinski definition) is 3. The lowest BCUT2D eigenvalue weighted by molar-refractivity contribution is -0.121. The lowest BCUT2D eigenvalue weighted by atomic mass is 10.2. The van der Waals surface area contributed by atoms with E-state index in [4.69, 9.17) is 23.2 Å².